The van der Waals surface area contributed by atoms with Crippen LogP contribution < -0.4 is 0 Å². The van der Waals surface area contributed by atoms with Gasteiger partial charge in [-0.15, -0.1) is 0 Å². The van der Waals surface area contributed by atoms with Gasteiger partial charge >= 0.3 is 0 Å². The van der Waals surface area contributed by atoms with Gasteiger partial charge in [-0.25, -0.2) is 0 Å². The second kappa shape index (κ2) is 3.90. The van der Waals surface area contributed by atoms with Gasteiger partial charge in [0.1, 0.15) is 0 Å². The Morgan fingerprint density at radius 1 is 1.62 bits per heavy atom. The molecule has 0 N–H and O–H groups in total. The van der Waals surface area contributed by atoms with E-state index < -0.39 is 0 Å². The van der Waals surface area contributed by atoms with Crippen molar-refractivity contribution in [3.63, 3.8) is 0 Å². The Labute approximate surface area is 54.8 Å². The molecule has 0 spiro atoms. The molecule has 0 aliphatic rings. The Morgan fingerprint density at radius 2 is 2.12 bits per heavy atom. The minimum Gasteiger partial charge on any atom is -0.0888 e. The van der Waals surface area contributed by atoms with Gasteiger partial charge in [-0.3, -0.25) is 0 Å². The highest BCUT2D eigenvalue weighted by Crippen LogP contribution is 2.12. The standard InChI is InChI=1S/C7H14Si/c1-5-6(2)7(3)8-4/h5,7H,1-4H3/b6-5+. The molecule has 0 aromatic heterocycles. The average Bonchev–Trinajstić information content (AvgIpc) is 1.84. The van der Waals surface area contributed by atoms with Crippen molar-refractivity contribution in [3.05, 3.63) is 11.6 Å². The van der Waals surface area contributed by atoms with E-state index >= 15 is 0 Å². The molecule has 1 unspecified atom stereocenters. The molecule has 0 rings (SSSR count). The quantitative estimate of drug-likeness (QED) is 0.394. The maximum absolute atomic E-state index is 2.27. The van der Waals surface area contributed by atoms with Gasteiger partial charge < -0.3 is 0 Å². The molecule has 0 amide bonds. The lowest BCUT2D eigenvalue weighted by Gasteiger charge is -2.05. The summed E-state index contributed by atoms with van der Waals surface area (Å²) >= 11 is 0. The number of hydrogen-bond acceptors (Lipinski definition) is 0. The minimum absolute atomic E-state index is 0.806. The Bertz CT molecular complexity index is 84.4. The molecule has 8 heavy (non-hydrogen) atoms. The van der Waals surface area contributed by atoms with Gasteiger partial charge in [0.15, 0.2) is 0 Å². The van der Waals surface area contributed by atoms with Crippen LogP contribution in [0.2, 0.25) is 12.1 Å². The van der Waals surface area contributed by atoms with Gasteiger partial charge in [-0.2, -0.15) is 0 Å². The summed E-state index contributed by atoms with van der Waals surface area (Å²) < 4.78 is 0. The Hall–Kier alpha value is -0.0431. The van der Waals surface area contributed by atoms with Crippen molar-refractivity contribution in [1.29, 1.82) is 0 Å². The van der Waals surface area contributed by atoms with Crippen LogP contribution in [-0.4, -0.2) is 9.52 Å². The van der Waals surface area contributed by atoms with E-state index in [2.05, 4.69) is 33.4 Å². The van der Waals surface area contributed by atoms with E-state index in [0.29, 0.717) is 0 Å². The fraction of sp³-hybridized carbons (Fsp3) is 0.714. The second-order valence-corrected chi connectivity index (χ2v) is 3.49. The summed E-state index contributed by atoms with van der Waals surface area (Å²) in [6.45, 7) is 8.82. The summed E-state index contributed by atoms with van der Waals surface area (Å²) in [5.41, 5.74) is 2.32. The number of allylic oxidation sites excluding steroid dienone is 2. The van der Waals surface area contributed by atoms with Crippen LogP contribution in [0.5, 0.6) is 0 Å². The molecule has 2 radical (unpaired) electrons. The highest BCUT2D eigenvalue weighted by atomic mass is 28.2. The maximum atomic E-state index is 2.27. The summed E-state index contributed by atoms with van der Waals surface area (Å²) in [4.78, 5) is 0. The molecule has 0 heterocycles. The van der Waals surface area contributed by atoms with E-state index in [1.54, 1.807) is 0 Å². The fourth-order valence-corrected chi connectivity index (χ4v) is 1.10. The number of hydrogen-bond donors (Lipinski definition) is 0. The molecule has 0 bridgehead atoms. The van der Waals surface area contributed by atoms with E-state index in [4.69, 9.17) is 0 Å². The van der Waals surface area contributed by atoms with E-state index in [0.717, 1.165) is 15.1 Å². The molecule has 0 aliphatic carbocycles. The first-order chi connectivity index (χ1) is 3.72. The van der Waals surface area contributed by atoms with Crippen LogP contribution in [0.4, 0.5) is 0 Å². The maximum Gasteiger partial charge on any atom is 0.0429 e. The lowest BCUT2D eigenvalue weighted by atomic mass is 10.2. The fourth-order valence-electron chi connectivity index (χ4n) is 0.478. The van der Waals surface area contributed by atoms with Gasteiger partial charge in [0.2, 0.25) is 0 Å². The van der Waals surface area contributed by atoms with E-state index in [-0.39, 0.29) is 0 Å². The lowest BCUT2D eigenvalue weighted by Crippen LogP contribution is -1.94. The normalized spacial score (nSPS) is 16.2. The molecule has 46 valence electrons. The van der Waals surface area contributed by atoms with Crippen molar-refractivity contribution in [1.82, 2.24) is 0 Å². The van der Waals surface area contributed by atoms with Crippen LogP contribution in [0.15, 0.2) is 11.6 Å². The van der Waals surface area contributed by atoms with Crippen molar-refractivity contribution in [2.45, 2.75) is 32.9 Å². The van der Waals surface area contributed by atoms with Gasteiger partial charge in [0.05, 0.1) is 0 Å². The summed E-state index contributed by atoms with van der Waals surface area (Å²) in [6.07, 6.45) is 2.20. The first-order valence-corrected chi connectivity index (χ1v) is 4.60. The molecule has 1 heteroatoms. The summed E-state index contributed by atoms with van der Waals surface area (Å²) in [5, 5.41) is 0. The molecular formula is C7H14Si. The van der Waals surface area contributed by atoms with E-state index in [9.17, 15) is 0 Å². The molecule has 0 nitrogen and oxygen atoms in total. The average molecular weight is 126 g/mol. The SMILES string of the molecule is C/C=C(\C)C(C)[Si]C. The minimum atomic E-state index is 0.806. The predicted octanol–water partition coefficient (Wildman–Crippen LogP) is 2.51. The smallest absolute Gasteiger partial charge is 0.0429 e. The third-order valence-electron chi connectivity index (χ3n) is 1.57. The topological polar surface area (TPSA) is 0 Å². The number of rotatable bonds is 2. The molecule has 1 atom stereocenters. The Balaban J connectivity index is 3.63. The van der Waals surface area contributed by atoms with Crippen LogP contribution >= 0.6 is 0 Å². The summed E-state index contributed by atoms with van der Waals surface area (Å²) in [5.74, 6) is 0. The first-order valence-electron chi connectivity index (χ1n) is 3.02. The highest BCUT2D eigenvalue weighted by molar-refractivity contribution is 6.36. The van der Waals surface area contributed by atoms with Gasteiger partial charge in [0, 0.05) is 9.52 Å². The van der Waals surface area contributed by atoms with Crippen molar-refractivity contribution in [2.24, 2.45) is 0 Å². The molecule has 0 aromatic carbocycles. The zero-order chi connectivity index (χ0) is 6.57. The zero-order valence-electron chi connectivity index (χ0n) is 6.15. The van der Waals surface area contributed by atoms with Crippen LogP contribution in [0.3, 0.4) is 0 Å². The summed E-state index contributed by atoms with van der Waals surface area (Å²) in [6, 6.07) is 0. The lowest BCUT2D eigenvalue weighted by molar-refractivity contribution is 1.07. The Kier molecular flexibility index (Phi) is 3.88. The van der Waals surface area contributed by atoms with E-state index in [1.165, 1.54) is 5.57 Å². The second-order valence-electron chi connectivity index (χ2n) is 2.04. The first kappa shape index (κ1) is 7.96. The monoisotopic (exact) mass is 126 g/mol. The highest BCUT2D eigenvalue weighted by Gasteiger charge is 1.97. The zero-order valence-corrected chi connectivity index (χ0v) is 7.15. The van der Waals surface area contributed by atoms with Crippen LogP contribution in [-0.2, 0) is 0 Å². The van der Waals surface area contributed by atoms with Gasteiger partial charge in [0.25, 0.3) is 0 Å². The largest absolute Gasteiger partial charge is 0.0888 e. The van der Waals surface area contributed by atoms with Crippen molar-refractivity contribution < 1.29 is 0 Å². The molecule has 0 saturated heterocycles. The van der Waals surface area contributed by atoms with Crippen molar-refractivity contribution >= 4 is 9.52 Å². The van der Waals surface area contributed by atoms with Gasteiger partial charge in [-0.1, -0.05) is 25.1 Å². The van der Waals surface area contributed by atoms with Crippen LogP contribution in [0.1, 0.15) is 20.8 Å². The third-order valence-corrected chi connectivity index (χ3v) is 2.89. The Morgan fingerprint density at radius 3 is 2.25 bits per heavy atom. The predicted molar refractivity (Wildman–Crippen MR) is 40.5 cm³/mol. The van der Waals surface area contributed by atoms with E-state index in [1.807, 2.05) is 0 Å². The van der Waals surface area contributed by atoms with Crippen LogP contribution in [0.25, 0.3) is 0 Å². The van der Waals surface area contributed by atoms with Crippen molar-refractivity contribution in [2.75, 3.05) is 0 Å². The molecule has 0 aliphatic heterocycles. The van der Waals surface area contributed by atoms with Crippen molar-refractivity contribution in [3.8, 4) is 0 Å². The van der Waals surface area contributed by atoms with Gasteiger partial charge in [-0.05, 0) is 19.4 Å². The molecule has 0 fully saturated rings. The molecule has 0 aromatic rings. The molecule has 0 saturated carbocycles. The summed E-state index contributed by atoms with van der Waals surface area (Å²) in [7, 11) is 1.05. The van der Waals surface area contributed by atoms with Crippen LogP contribution in [0, 0.1) is 0 Å². The molecular weight excluding hydrogens is 112 g/mol. The third kappa shape index (κ3) is 2.31.